The molecule has 140 valence electrons. The summed E-state index contributed by atoms with van der Waals surface area (Å²) in [6, 6.07) is 13.3. The van der Waals surface area contributed by atoms with Gasteiger partial charge in [0.1, 0.15) is 31.2 Å². The molecule has 0 aliphatic carbocycles. The quantitative estimate of drug-likeness (QED) is 0.691. The number of fused-ring (bicyclic) bond motifs is 1. The zero-order valence-corrected chi connectivity index (χ0v) is 14.7. The maximum absolute atomic E-state index is 11.8. The lowest BCUT2D eigenvalue weighted by Gasteiger charge is -2.14. The molecule has 1 aliphatic rings. The SMILES string of the molecule is Nc1ncnn2c(C3CCC(COC(=O)OCc4ccccc4)O3)ccc12. The van der Waals surface area contributed by atoms with Crippen molar-refractivity contribution in [2.24, 2.45) is 0 Å². The summed E-state index contributed by atoms with van der Waals surface area (Å²) in [6.45, 7) is 0.343. The number of rotatable bonds is 5. The largest absolute Gasteiger partial charge is 0.508 e. The number of benzene rings is 1. The Morgan fingerprint density at radius 3 is 2.89 bits per heavy atom. The molecular weight excluding hydrogens is 348 g/mol. The molecule has 1 aromatic carbocycles. The summed E-state index contributed by atoms with van der Waals surface area (Å²) in [6.07, 6.45) is 2.01. The van der Waals surface area contributed by atoms with E-state index in [4.69, 9.17) is 19.9 Å². The fraction of sp³-hybridized carbons (Fsp3) is 0.316. The van der Waals surface area contributed by atoms with Gasteiger partial charge in [-0.2, -0.15) is 5.10 Å². The molecule has 2 atom stereocenters. The molecule has 1 aliphatic heterocycles. The number of aromatic nitrogens is 3. The first-order chi connectivity index (χ1) is 13.2. The maximum atomic E-state index is 11.8. The number of nitrogens with two attached hydrogens (primary N) is 1. The van der Waals surface area contributed by atoms with E-state index < -0.39 is 6.16 Å². The molecule has 3 aromatic rings. The zero-order valence-electron chi connectivity index (χ0n) is 14.7. The van der Waals surface area contributed by atoms with Crippen LogP contribution >= 0.6 is 0 Å². The number of hydrogen-bond donors (Lipinski definition) is 1. The van der Waals surface area contributed by atoms with Gasteiger partial charge in [0.05, 0.1) is 11.8 Å². The van der Waals surface area contributed by atoms with Crippen LogP contribution in [0.4, 0.5) is 10.6 Å². The standard InChI is InChI=1S/C19H20N4O4/c20-18-16-8-7-15(23(16)22-12-21-18)17-9-6-14(27-17)11-26-19(24)25-10-13-4-2-1-3-5-13/h1-5,7-8,12,14,17H,6,9-11H2,(H2,20,21,22). The van der Waals surface area contributed by atoms with Gasteiger partial charge < -0.3 is 19.9 Å². The van der Waals surface area contributed by atoms with Crippen LogP contribution in [0.2, 0.25) is 0 Å². The van der Waals surface area contributed by atoms with Crippen molar-refractivity contribution in [1.82, 2.24) is 14.6 Å². The normalized spacial score (nSPS) is 19.3. The van der Waals surface area contributed by atoms with Crippen molar-refractivity contribution < 1.29 is 19.0 Å². The van der Waals surface area contributed by atoms with E-state index in [-0.39, 0.29) is 25.4 Å². The third-order valence-corrected chi connectivity index (χ3v) is 4.54. The Hall–Kier alpha value is -3.13. The van der Waals surface area contributed by atoms with Crippen LogP contribution in [0.5, 0.6) is 0 Å². The molecule has 0 radical (unpaired) electrons. The lowest BCUT2D eigenvalue weighted by Crippen LogP contribution is -2.19. The van der Waals surface area contributed by atoms with Crippen molar-refractivity contribution in [2.75, 3.05) is 12.3 Å². The van der Waals surface area contributed by atoms with Crippen molar-refractivity contribution in [2.45, 2.75) is 31.7 Å². The van der Waals surface area contributed by atoms with Gasteiger partial charge in [-0.1, -0.05) is 30.3 Å². The number of nitrogen functional groups attached to an aromatic ring is 1. The Morgan fingerprint density at radius 2 is 2.04 bits per heavy atom. The fourth-order valence-electron chi connectivity index (χ4n) is 3.18. The summed E-state index contributed by atoms with van der Waals surface area (Å²) in [7, 11) is 0. The van der Waals surface area contributed by atoms with Crippen molar-refractivity contribution in [3.05, 3.63) is 60.0 Å². The minimum Gasteiger partial charge on any atom is -0.432 e. The summed E-state index contributed by atoms with van der Waals surface area (Å²) in [4.78, 5) is 15.7. The number of carbonyl (C=O) groups excluding carboxylic acids is 1. The van der Waals surface area contributed by atoms with Crippen LogP contribution in [0.3, 0.4) is 0 Å². The van der Waals surface area contributed by atoms with E-state index in [2.05, 4.69) is 10.1 Å². The van der Waals surface area contributed by atoms with Gasteiger partial charge in [0.25, 0.3) is 0 Å². The van der Waals surface area contributed by atoms with E-state index in [1.807, 2.05) is 42.5 Å². The second-order valence-corrected chi connectivity index (χ2v) is 6.36. The maximum Gasteiger partial charge on any atom is 0.508 e. The molecule has 2 aromatic heterocycles. The van der Waals surface area contributed by atoms with Crippen LogP contribution in [-0.2, 0) is 20.8 Å². The third-order valence-electron chi connectivity index (χ3n) is 4.54. The van der Waals surface area contributed by atoms with Gasteiger partial charge in [-0.3, -0.25) is 0 Å². The van der Waals surface area contributed by atoms with E-state index in [1.165, 1.54) is 6.33 Å². The molecular formula is C19H20N4O4. The van der Waals surface area contributed by atoms with Crippen LogP contribution in [0.15, 0.2) is 48.8 Å². The lowest BCUT2D eigenvalue weighted by molar-refractivity contribution is -0.0190. The van der Waals surface area contributed by atoms with Gasteiger partial charge in [-0.05, 0) is 30.5 Å². The van der Waals surface area contributed by atoms with Gasteiger partial charge in [0, 0.05) is 0 Å². The molecule has 0 saturated carbocycles. The molecule has 2 unspecified atom stereocenters. The molecule has 3 heterocycles. The fourth-order valence-corrected chi connectivity index (χ4v) is 3.18. The first-order valence-corrected chi connectivity index (χ1v) is 8.78. The zero-order chi connectivity index (χ0) is 18.6. The second kappa shape index (κ2) is 7.63. The van der Waals surface area contributed by atoms with Crippen molar-refractivity contribution in [1.29, 1.82) is 0 Å². The van der Waals surface area contributed by atoms with E-state index in [0.29, 0.717) is 5.82 Å². The molecule has 1 fully saturated rings. The first kappa shape index (κ1) is 17.3. The Balaban J connectivity index is 1.28. The predicted octanol–water partition coefficient (Wildman–Crippen LogP) is 2.89. The average molecular weight is 368 g/mol. The number of hydrogen-bond acceptors (Lipinski definition) is 7. The van der Waals surface area contributed by atoms with Gasteiger partial charge in [0.2, 0.25) is 0 Å². The molecule has 0 bridgehead atoms. The Bertz CT molecular complexity index is 928. The number of carbonyl (C=O) groups is 1. The minimum absolute atomic E-state index is 0.129. The molecule has 0 spiro atoms. The van der Waals surface area contributed by atoms with E-state index in [0.717, 1.165) is 29.6 Å². The highest BCUT2D eigenvalue weighted by atomic mass is 16.7. The van der Waals surface area contributed by atoms with Gasteiger partial charge in [0.15, 0.2) is 5.82 Å². The first-order valence-electron chi connectivity index (χ1n) is 8.78. The molecule has 4 rings (SSSR count). The average Bonchev–Trinajstić information content (AvgIpc) is 3.33. The summed E-state index contributed by atoms with van der Waals surface area (Å²) < 4.78 is 18.0. The number of anilines is 1. The molecule has 2 N–H and O–H groups in total. The molecule has 27 heavy (non-hydrogen) atoms. The molecule has 8 heteroatoms. The Kier molecular flexibility index (Phi) is 4.88. The number of ether oxygens (including phenoxy) is 3. The highest BCUT2D eigenvalue weighted by molar-refractivity contribution is 5.65. The van der Waals surface area contributed by atoms with Crippen molar-refractivity contribution in [3.63, 3.8) is 0 Å². The lowest BCUT2D eigenvalue weighted by atomic mass is 10.1. The smallest absolute Gasteiger partial charge is 0.432 e. The van der Waals surface area contributed by atoms with Gasteiger partial charge in [-0.25, -0.2) is 14.3 Å². The summed E-state index contributed by atoms with van der Waals surface area (Å²) in [5.74, 6) is 0.426. The second-order valence-electron chi connectivity index (χ2n) is 6.36. The van der Waals surface area contributed by atoms with Gasteiger partial charge >= 0.3 is 6.16 Å². The topological polar surface area (TPSA) is 101 Å². The Morgan fingerprint density at radius 1 is 1.19 bits per heavy atom. The van der Waals surface area contributed by atoms with Crippen LogP contribution < -0.4 is 5.73 Å². The highest BCUT2D eigenvalue weighted by Crippen LogP contribution is 2.33. The van der Waals surface area contributed by atoms with E-state index in [1.54, 1.807) is 4.52 Å². The summed E-state index contributed by atoms with van der Waals surface area (Å²) >= 11 is 0. The van der Waals surface area contributed by atoms with Crippen molar-refractivity contribution in [3.8, 4) is 0 Å². The van der Waals surface area contributed by atoms with E-state index >= 15 is 0 Å². The predicted molar refractivity (Wildman–Crippen MR) is 96.8 cm³/mol. The van der Waals surface area contributed by atoms with Crippen LogP contribution in [-0.4, -0.2) is 33.5 Å². The molecule has 1 saturated heterocycles. The van der Waals surface area contributed by atoms with E-state index in [9.17, 15) is 4.79 Å². The summed E-state index contributed by atoms with van der Waals surface area (Å²) in [5, 5.41) is 4.24. The summed E-state index contributed by atoms with van der Waals surface area (Å²) in [5.41, 5.74) is 8.43. The monoisotopic (exact) mass is 368 g/mol. The van der Waals surface area contributed by atoms with Crippen molar-refractivity contribution >= 4 is 17.5 Å². The third kappa shape index (κ3) is 3.85. The van der Waals surface area contributed by atoms with Crippen LogP contribution in [0.1, 0.15) is 30.2 Å². The molecule has 0 amide bonds. The van der Waals surface area contributed by atoms with Crippen LogP contribution in [0, 0.1) is 0 Å². The minimum atomic E-state index is -0.695. The van der Waals surface area contributed by atoms with Crippen LogP contribution in [0.25, 0.3) is 5.52 Å². The highest BCUT2D eigenvalue weighted by Gasteiger charge is 2.30. The Labute approximate surface area is 155 Å². The molecule has 8 nitrogen and oxygen atoms in total. The number of nitrogens with zero attached hydrogens (tertiary/aromatic N) is 3. The van der Waals surface area contributed by atoms with Gasteiger partial charge in [-0.15, -0.1) is 0 Å².